The van der Waals surface area contributed by atoms with Gasteiger partial charge in [0.15, 0.2) is 0 Å². The third kappa shape index (κ3) is 5.11. The Hall–Kier alpha value is -0.590. The molecule has 0 saturated carbocycles. The lowest BCUT2D eigenvalue weighted by molar-refractivity contribution is -0.104. The molecule has 12 heavy (non-hydrogen) atoms. The van der Waals surface area contributed by atoms with Crippen molar-refractivity contribution in [3.8, 4) is 0 Å². The number of carbonyl (C=O) groups is 1. The topological polar surface area (TPSA) is 17.1 Å². The number of rotatable bonds is 6. The van der Waals surface area contributed by atoms with Crippen molar-refractivity contribution < 1.29 is 4.79 Å². The zero-order valence-electron chi connectivity index (χ0n) is 8.42. The van der Waals surface area contributed by atoms with Crippen LogP contribution in [-0.2, 0) is 4.79 Å². The molecule has 1 nitrogen and oxygen atoms in total. The quantitative estimate of drug-likeness (QED) is 0.439. The SMILES string of the molecule is CCC(C)C(C)CCC=CC=O. The molecule has 0 saturated heterocycles. The highest BCUT2D eigenvalue weighted by molar-refractivity contribution is 5.64. The van der Waals surface area contributed by atoms with Crippen LogP contribution in [0.3, 0.4) is 0 Å². The van der Waals surface area contributed by atoms with Crippen LogP contribution in [0.5, 0.6) is 0 Å². The van der Waals surface area contributed by atoms with Crippen molar-refractivity contribution in [3.63, 3.8) is 0 Å². The number of hydrogen-bond acceptors (Lipinski definition) is 1. The highest BCUT2D eigenvalue weighted by Crippen LogP contribution is 2.19. The van der Waals surface area contributed by atoms with Crippen LogP contribution >= 0.6 is 0 Å². The molecule has 2 unspecified atom stereocenters. The minimum absolute atomic E-state index is 0.770. The van der Waals surface area contributed by atoms with Crippen molar-refractivity contribution in [3.05, 3.63) is 12.2 Å². The van der Waals surface area contributed by atoms with Gasteiger partial charge < -0.3 is 0 Å². The van der Waals surface area contributed by atoms with Crippen molar-refractivity contribution in [1.82, 2.24) is 0 Å². The van der Waals surface area contributed by atoms with E-state index in [0.29, 0.717) is 0 Å². The van der Waals surface area contributed by atoms with Gasteiger partial charge in [-0.3, -0.25) is 4.79 Å². The molecule has 0 spiro atoms. The van der Waals surface area contributed by atoms with Gasteiger partial charge in [-0.2, -0.15) is 0 Å². The first-order chi connectivity index (χ1) is 5.72. The Morgan fingerprint density at radius 1 is 1.25 bits per heavy atom. The van der Waals surface area contributed by atoms with Crippen molar-refractivity contribution in [2.45, 2.75) is 40.0 Å². The average molecular weight is 168 g/mol. The summed E-state index contributed by atoms with van der Waals surface area (Å²) < 4.78 is 0. The summed E-state index contributed by atoms with van der Waals surface area (Å²) in [6, 6.07) is 0. The second kappa shape index (κ2) is 7.08. The number of carbonyl (C=O) groups excluding carboxylic acids is 1. The first-order valence-electron chi connectivity index (χ1n) is 4.82. The van der Waals surface area contributed by atoms with E-state index in [1.807, 2.05) is 6.08 Å². The minimum atomic E-state index is 0.770. The van der Waals surface area contributed by atoms with E-state index in [4.69, 9.17) is 0 Å². The zero-order chi connectivity index (χ0) is 9.40. The van der Waals surface area contributed by atoms with Gasteiger partial charge in [0.1, 0.15) is 6.29 Å². The third-order valence-corrected chi connectivity index (χ3v) is 2.62. The predicted molar refractivity (Wildman–Crippen MR) is 53.1 cm³/mol. The van der Waals surface area contributed by atoms with Gasteiger partial charge in [-0.05, 0) is 30.8 Å². The van der Waals surface area contributed by atoms with E-state index < -0.39 is 0 Å². The summed E-state index contributed by atoms with van der Waals surface area (Å²) in [6.07, 6.45) is 7.85. The fraction of sp³-hybridized carbons (Fsp3) is 0.727. The largest absolute Gasteiger partial charge is 0.299 e. The molecule has 0 amide bonds. The van der Waals surface area contributed by atoms with E-state index in [0.717, 1.165) is 24.5 Å². The van der Waals surface area contributed by atoms with Crippen LogP contribution in [0.1, 0.15) is 40.0 Å². The molecular weight excluding hydrogens is 148 g/mol. The fourth-order valence-electron chi connectivity index (χ4n) is 1.20. The minimum Gasteiger partial charge on any atom is -0.299 e. The summed E-state index contributed by atoms with van der Waals surface area (Å²) in [5, 5.41) is 0. The number of allylic oxidation sites excluding steroid dienone is 2. The molecule has 0 heterocycles. The molecule has 0 bridgehead atoms. The normalized spacial score (nSPS) is 16.2. The number of hydrogen-bond donors (Lipinski definition) is 0. The zero-order valence-corrected chi connectivity index (χ0v) is 8.42. The predicted octanol–water partition coefficient (Wildman–Crippen LogP) is 3.20. The molecule has 70 valence electrons. The monoisotopic (exact) mass is 168 g/mol. The summed E-state index contributed by atoms with van der Waals surface area (Å²) in [4.78, 5) is 9.95. The van der Waals surface area contributed by atoms with Crippen LogP contribution < -0.4 is 0 Å². The molecule has 0 aliphatic rings. The van der Waals surface area contributed by atoms with Crippen molar-refractivity contribution in [2.24, 2.45) is 11.8 Å². The Balaban J connectivity index is 3.49. The van der Waals surface area contributed by atoms with Crippen LogP contribution in [0.4, 0.5) is 0 Å². The lowest BCUT2D eigenvalue weighted by Crippen LogP contribution is -2.05. The molecule has 0 aliphatic heterocycles. The molecule has 0 aromatic heterocycles. The van der Waals surface area contributed by atoms with E-state index >= 15 is 0 Å². The second-order valence-electron chi connectivity index (χ2n) is 3.50. The van der Waals surface area contributed by atoms with E-state index in [1.54, 1.807) is 6.08 Å². The van der Waals surface area contributed by atoms with Crippen LogP contribution in [0, 0.1) is 11.8 Å². The van der Waals surface area contributed by atoms with Crippen LogP contribution in [0.25, 0.3) is 0 Å². The maximum absolute atomic E-state index is 9.95. The highest BCUT2D eigenvalue weighted by atomic mass is 16.1. The Morgan fingerprint density at radius 3 is 2.42 bits per heavy atom. The van der Waals surface area contributed by atoms with Crippen LogP contribution in [0.2, 0.25) is 0 Å². The lowest BCUT2D eigenvalue weighted by Gasteiger charge is -2.16. The van der Waals surface area contributed by atoms with Gasteiger partial charge in [0.25, 0.3) is 0 Å². The smallest absolute Gasteiger partial charge is 0.142 e. The molecule has 0 N–H and O–H groups in total. The summed E-state index contributed by atoms with van der Waals surface area (Å²) in [7, 11) is 0. The van der Waals surface area contributed by atoms with Crippen molar-refractivity contribution >= 4 is 6.29 Å². The Kier molecular flexibility index (Phi) is 6.73. The number of aldehydes is 1. The molecule has 2 atom stereocenters. The molecule has 0 aromatic carbocycles. The molecule has 0 aliphatic carbocycles. The van der Waals surface area contributed by atoms with E-state index in [-0.39, 0.29) is 0 Å². The summed E-state index contributed by atoms with van der Waals surface area (Å²) in [6.45, 7) is 6.79. The molecule has 0 fully saturated rings. The van der Waals surface area contributed by atoms with Crippen molar-refractivity contribution in [2.75, 3.05) is 0 Å². The Labute approximate surface area is 75.9 Å². The summed E-state index contributed by atoms with van der Waals surface area (Å²) in [5.74, 6) is 1.57. The van der Waals surface area contributed by atoms with Gasteiger partial charge in [-0.25, -0.2) is 0 Å². The Morgan fingerprint density at radius 2 is 1.92 bits per heavy atom. The molecular formula is C11H20O. The lowest BCUT2D eigenvalue weighted by atomic mass is 9.90. The Bertz CT molecular complexity index is 138. The van der Waals surface area contributed by atoms with Gasteiger partial charge >= 0.3 is 0 Å². The maximum atomic E-state index is 9.95. The van der Waals surface area contributed by atoms with Gasteiger partial charge in [0.2, 0.25) is 0 Å². The van der Waals surface area contributed by atoms with Gasteiger partial charge in [0.05, 0.1) is 0 Å². The molecule has 1 heteroatoms. The van der Waals surface area contributed by atoms with E-state index in [2.05, 4.69) is 20.8 Å². The van der Waals surface area contributed by atoms with E-state index in [9.17, 15) is 4.79 Å². The molecule has 0 rings (SSSR count). The van der Waals surface area contributed by atoms with Crippen LogP contribution in [0.15, 0.2) is 12.2 Å². The van der Waals surface area contributed by atoms with Crippen molar-refractivity contribution in [1.29, 1.82) is 0 Å². The van der Waals surface area contributed by atoms with Gasteiger partial charge in [-0.1, -0.05) is 33.3 Å². The fourth-order valence-corrected chi connectivity index (χ4v) is 1.20. The maximum Gasteiger partial charge on any atom is 0.142 e. The first kappa shape index (κ1) is 11.4. The first-order valence-corrected chi connectivity index (χ1v) is 4.82. The molecule has 0 radical (unpaired) electrons. The second-order valence-corrected chi connectivity index (χ2v) is 3.50. The van der Waals surface area contributed by atoms with Crippen LogP contribution in [-0.4, -0.2) is 6.29 Å². The van der Waals surface area contributed by atoms with E-state index in [1.165, 1.54) is 12.8 Å². The van der Waals surface area contributed by atoms with Gasteiger partial charge in [0, 0.05) is 0 Å². The summed E-state index contributed by atoms with van der Waals surface area (Å²) in [5.41, 5.74) is 0. The highest BCUT2D eigenvalue weighted by Gasteiger charge is 2.07. The molecule has 0 aromatic rings. The average Bonchev–Trinajstić information content (AvgIpc) is 2.10. The summed E-state index contributed by atoms with van der Waals surface area (Å²) >= 11 is 0. The third-order valence-electron chi connectivity index (χ3n) is 2.62. The standard InChI is InChI=1S/C11H20O/c1-4-10(2)11(3)8-6-5-7-9-12/h5,7,9-11H,4,6,8H2,1-3H3. The van der Waals surface area contributed by atoms with Gasteiger partial charge in [-0.15, -0.1) is 0 Å².